The van der Waals surface area contributed by atoms with Gasteiger partial charge in [0.2, 0.25) is 0 Å². The van der Waals surface area contributed by atoms with E-state index in [0.29, 0.717) is 0 Å². The van der Waals surface area contributed by atoms with E-state index in [1.54, 1.807) is 0 Å². The summed E-state index contributed by atoms with van der Waals surface area (Å²) in [7, 11) is 0. The van der Waals surface area contributed by atoms with Gasteiger partial charge in [0.25, 0.3) is 0 Å². The van der Waals surface area contributed by atoms with Crippen LogP contribution in [0, 0.1) is 0 Å². The molecule has 98 valence electrons. The molecule has 0 spiro atoms. The van der Waals surface area contributed by atoms with Crippen LogP contribution in [0.2, 0.25) is 0 Å². The van der Waals surface area contributed by atoms with Gasteiger partial charge in [-0.2, -0.15) is 0 Å². The van der Waals surface area contributed by atoms with Crippen molar-refractivity contribution in [2.75, 3.05) is 0 Å². The maximum Gasteiger partial charge on any atom is 0.193 e. The smallest absolute Gasteiger partial charge is 0.193 e. The van der Waals surface area contributed by atoms with Crippen molar-refractivity contribution in [1.82, 2.24) is 0 Å². The molecule has 0 heterocycles. The average molecular weight is 260 g/mol. The standard InChI is InChI=1S/C19H16O/c1-14-11-12-16(13-14)17-9-5-6-10-18(17)19(20)15-7-3-2-4-8-15/h2-13,16H,1H3. The van der Waals surface area contributed by atoms with Crippen LogP contribution in [0.4, 0.5) is 0 Å². The molecule has 0 radical (unpaired) electrons. The zero-order valence-electron chi connectivity index (χ0n) is 11.4. The third-order valence-electron chi connectivity index (χ3n) is 3.61. The summed E-state index contributed by atoms with van der Waals surface area (Å²) < 4.78 is 0. The molecule has 3 rings (SSSR count). The molecule has 0 bridgehead atoms. The van der Waals surface area contributed by atoms with Gasteiger partial charge in [-0.15, -0.1) is 0 Å². The molecule has 0 saturated heterocycles. The molecule has 1 aliphatic carbocycles. The second kappa shape index (κ2) is 5.30. The molecule has 0 aromatic heterocycles. The highest BCUT2D eigenvalue weighted by Crippen LogP contribution is 2.29. The minimum Gasteiger partial charge on any atom is -0.289 e. The van der Waals surface area contributed by atoms with E-state index in [0.717, 1.165) is 16.7 Å². The molecule has 1 heteroatoms. The number of hydrogen-bond acceptors (Lipinski definition) is 1. The molecule has 1 unspecified atom stereocenters. The topological polar surface area (TPSA) is 17.1 Å². The summed E-state index contributed by atoms with van der Waals surface area (Å²) in [5.41, 5.74) is 3.85. The minimum absolute atomic E-state index is 0.0903. The first kappa shape index (κ1) is 12.6. The van der Waals surface area contributed by atoms with Crippen molar-refractivity contribution in [3.05, 3.63) is 95.1 Å². The molecule has 0 amide bonds. The van der Waals surface area contributed by atoms with Gasteiger partial charge < -0.3 is 0 Å². The number of carbonyl (C=O) groups excluding carboxylic acids is 1. The Labute approximate surface area is 119 Å². The highest BCUT2D eigenvalue weighted by atomic mass is 16.1. The lowest BCUT2D eigenvalue weighted by Gasteiger charge is -2.12. The third-order valence-corrected chi connectivity index (χ3v) is 3.61. The molecule has 2 aromatic rings. The molecule has 1 aliphatic rings. The van der Waals surface area contributed by atoms with Gasteiger partial charge in [-0.05, 0) is 12.5 Å². The Balaban J connectivity index is 2.03. The van der Waals surface area contributed by atoms with E-state index in [1.807, 2.05) is 54.6 Å². The average Bonchev–Trinajstić information content (AvgIpc) is 2.94. The summed E-state index contributed by atoms with van der Waals surface area (Å²) in [4.78, 5) is 12.7. The van der Waals surface area contributed by atoms with E-state index >= 15 is 0 Å². The number of hydrogen-bond donors (Lipinski definition) is 0. The van der Waals surface area contributed by atoms with Crippen molar-refractivity contribution in [2.45, 2.75) is 12.8 Å². The van der Waals surface area contributed by atoms with Gasteiger partial charge in [0.05, 0.1) is 0 Å². The number of carbonyl (C=O) groups is 1. The van der Waals surface area contributed by atoms with Crippen LogP contribution >= 0.6 is 0 Å². The summed E-state index contributed by atoms with van der Waals surface area (Å²) in [6.07, 6.45) is 6.44. The first-order chi connectivity index (χ1) is 9.75. The second-order valence-electron chi connectivity index (χ2n) is 5.08. The molecular formula is C19H16O. The van der Waals surface area contributed by atoms with Crippen LogP contribution in [0.25, 0.3) is 0 Å². The molecule has 0 saturated carbocycles. The van der Waals surface area contributed by atoms with Crippen LogP contribution in [0.15, 0.2) is 78.4 Å². The second-order valence-corrected chi connectivity index (χ2v) is 5.08. The molecule has 1 atom stereocenters. The van der Waals surface area contributed by atoms with Gasteiger partial charge in [-0.3, -0.25) is 4.79 Å². The third kappa shape index (κ3) is 2.35. The van der Waals surface area contributed by atoms with Crippen molar-refractivity contribution in [3.63, 3.8) is 0 Å². The molecule has 0 N–H and O–H groups in total. The monoisotopic (exact) mass is 260 g/mol. The van der Waals surface area contributed by atoms with Crippen LogP contribution in [-0.2, 0) is 0 Å². The zero-order valence-corrected chi connectivity index (χ0v) is 11.4. The lowest BCUT2D eigenvalue weighted by atomic mass is 9.91. The van der Waals surface area contributed by atoms with Gasteiger partial charge >= 0.3 is 0 Å². The normalized spacial score (nSPS) is 17.1. The molecular weight excluding hydrogens is 244 g/mol. The number of benzene rings is 2. The van der Waals surface area contributed by atoms with Gasteiger partial charge in [-0.25, -0.2) is 0 Å². The first-order valence-electron chi connectivity index (χ1n) is 6.81. The van der Waals surface area contributed by atoms with E-state index in [2.05, 4.69) is 25.2 Å². The number of allylic oxidation sites excluding steroid dienone is 4. The fraction of sp³-hybridized carbons (Fsp3) is 0.105. The van der Waals surface area contributed by atoms with Crippen LogP contribution in [0.5, 0.6) is 0 Å². The van der Waals surface area contributed by atoms with Gasteiger partial charge in [0.15, 0.2) is 5.78 Å². The van der Waals surface area contributed by atoms with Crippen molar-refractivity contribution < 1.29 is 4.79 Å². The predicted molar refractivity (Wildman–Crippen MR) is 82.0 cm³/mol. The van der Waals surface area contributed by atoms with Crippen molar-refractivity contribution in [1.29, 1.82) is 0 Å². The fourth-order valence-electron chi connectivity index (χ4n) is 2.58. The lowest BCUT2D eigenvalue weighted by Crippen LogP contribution is -2.06. The van der Waals surface area contributed by atoms with E-state index in [4.69, 9.17) is 0 Å². The van der Waals surface area contributed by atoms with Crippen LogP contribution in [0.3, 0.4) is 0 Å². The molecule has 0 fully saturated rings. The van der Waals surface area contributed by atoms with E-state index in [9.17, 15) is 4.79 Å². The number of rotatable bonds is 3. The molecule has 1 nitrogen and oxygen atoms in total. The van der Waals surface area contributed by atoms with E-state index < -0.39 is 0 Å². The highest BCUT2D eigenvalue weighted by molar-refractivity contribution is 6.10. The molecule has 2 aromatic carbocycles. The Morgan fingerprint density at radius 1 is 0.950 bits per heavy atom. The van der Waals surface area contributed by atoms with Crippen molar-refractivity contribution in [3.8, 4) is 0 Å². The predicted octanol–water partition coefficient (Wildman–Crippen LogP) is 4.52. The van der Waals surface area contributed by atoms with Gasteiger partial charge in [-0.1, -0.05) is 78.4 Å². The molecule has 0 aliphatic heterocycles. The summed E-state index contributed by atoms with van der Waals surface area (Å²) in [6, 6.07) is 17.3. The summed E-state index contributed by atoms with van der Waals surface area (Å²) >= 11 is 0. The largest absolute Gasteiger partial charge is 0.289 e. The molecule has 20 heavy (non-hydrogen) atoms. The van der Waals surface area contributed by atoms with Gasteiger partial charge in [0, 0.05) is 17.0 Å². The summed E-state index contributed by atoms with van der Waals surface area (Å²) in [6.45, 7) is 2.08. The van der Waals surface area contributed by atoms with Crippen molar-refractivity contribution >= 4 is 5.78 Å². The Morgan fingerprint density at radius 2 is 1.65 bits per heavy atom. The van der Waals surface area contributed by atoms with E-state index in [-0.39, 0.29) is 11.7 Å². The maximum atomic E-state index is 12.7. The lowest BCUT2D eigenvalue weighted by molar-refractivity contribution is 0.103. The first-order valence-corrected chi connectivity index (χ1v) is 6.81. The summed E-state index contributed by atoms with van der Waals surface area (Å²) in [5, 5.41) is 0. The Hall–Kier alpha value is -2.41. The minimum atomic E-state index is 0.0903. The quantitative estimate of drug-likeness (QED) is 0.742. The van der Waals surface area contributed by atoms with Crippen LogP contribution < -0.4 is 0 Å². The van der Waals surface area contributed by atoms with E-state index in [1.165, 1.54) is 5.57 Å². The Morgan fingerprint density at radius 3 is 2.35 bits per heavy atom. The summed E-state index contributed by atoms with van der Waals surface area (Å²) in [5.74, 6) is 0.298. The number of ketones is 1. The van der Waals surface area contributed by atoms with Crippen molar-refractivity contribution in [2.24, 2.45) is 0 Å². The Kier molecular flexibility index (Phi) is 3.34. The van der Waals surface area contributed by atoms with Gasteiger partial charge in [0.1, 0.15) is 0 Å². The highest BCUT2D eigenvalue weighted by Gasteiger charge is 2.18. The Bertz CT molecular complexity index is 693. The SMILES string of the molecule is CC1=CC(c2ccccc2C(=O)c2ccccc2)C=C1. The zero-order chi connectivity index (χ0) is 13.9. The van der Waals surface area contributed by atoms with Crippen LogP contribution in [0.1, 0.15) is 34.3 Å². The maximum absolute atomic E-state index is 12.7. The van der Waals surface area contributed by atoms with Crippen LogP contribution in [-0.4, -0.2) is 5.78 Å². The fourth-order valence-corrected chi connectivity index (χ4v) is 2.58.